The maximum Gasteiger partial charge on any atom is 0.344 e. The molecule has 0 unspecified atom stereocenters. The van der Waals surface area contributed by atoms with Gasteiger partial charge in [-0.25, -0.2) is 9.18 Å². The Labute approximate surface area is 156 Å². The zero-order valence-electron chi connectivity index (χ0n) is 13.5. The Morgan fingerprint density at radius 1 is 1.04 bits per heavy atom. The third kappa shape index (κ3) is 4.51. The maximum absolute atomic E-state index is 13.0. The average molecular weight is 425 g/mol. The number of benzene rings is 2. The van der Waals surface area contributed by atoms with Gasteiger partial charge in [-0.2, -0.15) is 0 Å². The normalized spacial score (nSPS) is 12.4. The van der Waals surface area contributed by atoms with Crippen molar-refractivity contribution in [3.8, 4) is 17.2 Å². The standard InChI is InChI=1S/C18H14BrFO6/c19-13-8-12(20)2-4-15(13)25-10-18(22)26-9-14(21)11-1-3-16-17(7-11)24-6-5-23-16/h1-4,7-8H,5-6,9-10H2. The number of esters is 1. The summed E-state index contributed by atoms with van der Waals surface area (Å²) in [4.78, 5) is 23.9. The molecule has 0 atom stereocenters. The van der Waals surface area contributed by atoms with E-state index >= 15 is 0 Å². The van der Waals surface area contributed by atoms with E-state index in [9.17, 15) is 14.0 Å². The van der Waals surface area contributed by atoms with Crippen molar-refractivity contribution in [1.29, 1.82) is 0 Å². The van der Waals surface area contributed by atoms with Gasteiger partial charge in [-0.1, -0.05) is 0 Å². The highest BCUT2D eigenvalue weighted by atomic mass is 79.9. The zero-order valence-corrected chi connectivity index (χ0v) is 15.1. The van der Waals surface area contributed by atoms with Crippen molar-refractivity contribution in [3.05, 3.63) is 52.3 Å². The van der Waals surface area contributed by atoms with E-state index in [-0.39, 0.29) is 5.78 Å². The monoisotopic (exact) mass is 424 g/mol. The topological polar surface area (TPSA) is 71.1 Å². The Balaban J connectivity index is 1.50. The second kappa shape index (κ2) is 8.18. The fourth-order valence-corrected chi connectivity index (χ4v) is 2.68. The summed E-state index contributed by atoms with van der Waals surface area (Å²) >= 11 is 3.13. The van der Waals surface area contributed by atoms with Gasteiger partial charge in [-0.3, -0.25) is 4.79 Å². The third-order valence-corrected chi connectivity index (χ3v) is 4.09. The van der Waals surface area contributed by atoms with Crippen LogP contribution in [-0.4, -0.2) is 38.2 Å². The number of ether oxygens (including phenoxy) is 4. The van der Waals surface area contributed by atoms with Gasteiger partial charge < -0.3 is 18.9 Å². The molecule has 0 fully saturated rings. The van der Waals surface area contributed by atoms with E-state index in [0.717, 1.165) is 0 Å². The molecule has 1 aliphatic heterocycles. The van der Waals surface area contributed by atoms with Gasteiger partial charge in [-0.15, -0.1) is 0 Å². The number of carbonyl (C=O) groups excluding carboxylic acids is 2. The minimum Gasteiger partial charge on any atom is -0.486 e. The quantitative estimate of drug-likeness (QED) is 0.523. The number of halogens is 2. The number of carbonyl (C=O) groups is 2. The molecular weight excluding hydrogens is 411 g/mol. The summed E-state index contributed by atoms with van der Waals surface area (Å²) in [6.07, 6.45) is 0. The van der Waals surface area contributed by atoms with Crippen LogP contribution in [0.15, 0.2) is 40.9 Å². The van der Waals surface area contributed by atoms with Crippen LogP contribution >= 0.6 is 15.9 Å². The van der Waals surface area contributed by atoms with Crippen LogP contribution in [0.4, 0.5) is 4.39 Å². The summed E-state index contributed by atoms with van der Waals surface area (Å²) in [6.45, 7) is 0.0447. The molecule has 0 amide bonds. The summed E-state index contributed by atoms with van der Waals surface area (Å²) in [7, 11) is 0. The first-order valence-electron chi connectivity index (χ1n) is 7.69. The molecule has 3 rings (SSSR count). The van der Waals surface area contributed by atoms with Gasteiger partial charge in [0.15, 0.2) is 30.5 Å². The van der Waals surface area contributed by atoms with Crippen LogP contribution in [0.5, 0.6) is 17.2 Å². The van der Waals surface area contributed by atoms with E-state index < -0.39 is 25.0 Å². The number of rotatable bonds is 6. The second-order valence-electron chi connectivity index (χ2n) is 5.31. The van der Waals surface area contributed by atoms with Crippen LogP contribution in [-0.2, 0) is 9.53 Å². The second-order valence-corrected chi connectivity index (χ2v) is 6.16. The fraction of sp³-hybridized carbons (Fsp3) is 0.222. The van der Waals surface area contributed by atoms with Gasteiger partial charge in [0.25, 0.3) is 0 Å². The highest BCUT2D eigenvalue weighted by molar-refractivity contribution is 9.10. The zero-order chi connectivity index (χ0) is 18.5. The first-order chi connectivity index (χ1) is 12.5. The Kier molecular flexibility index (Phi) is 5.72. The molecule has 0 aliphatic carbocycles. The van der Waals surface area contributed by atoms with E-state index in [2.05, 4.69) is 15.9 Å². The van der Waals surface area contributed by atoms with Gasteiger partial charge in [0.1, 0.15) is 24.8 Å². The van der Waals surface area contributed by atoms with Crippen LogP contribution in [0.25, 0.3) is 0 Å². The lowest BCUT2D eigenvalue weighted by Crippen LogP contribution is -2.20. The lowest BCUT2D eigenvalue weighted by Gasteiger charge is -2.18. The summed E-state index contributed by atoms with van der Waals surface area (Å²) < 4.78 is 34.3. The van der Waals surface area contributed by atoms with Crippen LogP contribution in [0.3, 0.4) is 0 Å². The van der Waals surface area contributed by atoms with Crippen molar-refractivity contribution in [2.24, 2.45) is 0 Å². The van der Waals surface area contributed by atoms with Crippen molar-refractivity contribution in [2.45, 2.75) is 0 Å². The molecule has 8 heteroatoms. The molecule has 2 aromatic rings. The predicted molar refractivity (Wildman–Crippen MR) is 92.3 cm³/mol. The summed E-state index contributed by atoms with van der Waals surface area (Å²) in [6, 6.07) is 8.57. The predicted octanol–water partition coefficient (Wildman–Crippen LogP) is 3.16. The molecule has 26 heavy (non-hydrogen) atoms. The van der Waals surface area contributed by atoms with Crippen LogP contribution in [0.2, 0.25) is 0 Å². The maximum atomic E-state index is 13.0. The first kappa shape index (κ1) is 18.2. The van der Waals surface area contributed by atoms with Gasteiger partial charge in [-0.05, 0) is 52.3 Å². The molecule has 1 heterocycles. The molecule has 0 saturated carbocycles. The molecule has 1 aliphatic rings. The Bertz CT molecular complexity index is 838. The van der Waals surface area contributed by atoms with Crippen LogP contribution in [0.1, 0.15) is 10.4 Å². The molecule has 2 aromatic carbocycles. The molecule has 0 bridgehead atoms. The molecule has 6 nitrogen and oxygen atoms in total. The number of hydrogen-bond acceptors (Lipinski definition) is 6. The number of hydrogen-bond donors (Lipinski definition) is 0. The molecule has 0 saturated heterocycles. The van der Waals surface area contributed by atoms with E-state index in [0.29, 0.717) is 40.5 Å². The fourth-order valence-electron chi connectivity index (χ4n) is 2.22. The molecule has 0 spiro atoms. The highest BCUT2D eigenvalue weighted by Crippen LogP contribution is 2.31. The average Bonchev–Trinajstić information content (AvgIpc) is 2.65. The lowest BCUT2D eigenvalue weighted by atomic mass is 10.1. The van der Waals surface area contributed by atoms with Crippen molar-refractivity contribution < 1.29 is 32.9 Å². The third-order valence-electron chi connectivity index (χ3n) is 3.47. The molecule has 0 N–H and O–H groups in total. The summed E-state index contributed by atoms with van der Waals surface area (Å²) in [5.74, 6) is -0.176. The lowest BCUT2D eigenvalue weighted by molar-refractivity contribution is -0.144. The Hall–Kier alpha value is -2.61. The van der Waals surface area contributed by atoms with Crippen molar-refractivity contribution >= 4 is 27.7 Å². The minimum absolute atomic E-state index is 0.293. The van der Waals surface area contributed by atoms with Crippen LogP contribution < -0.4 is 14.2 Å². The van der Waals surface area contributed by atoms with Crippen molar-refractivity contribution in [2.75, 3.05) is 26.4 Å². The smallest absolute Gasteiger partial charge is 0.344 e. The summed E-state index contributed by atoms with van der Waals surface area (Å²) in [5, 5.41) is 0. The Morgan fingerprint density at radius 2 is 1.81 bits per heavy atom. The number of Topliss-reactive ketones (excluding diaryl/α,β-unsaturated/α-hetero) is 1. The van der Waals surface area contributed by atoms with Gasteiger partial charge >= 0.3 is 5.97 Å². The number of ketones is 1. The SMILES string of the molecule is O=C(COc1ccc(F)cc1Br)OCC(=O)c1ccc2c(c1)OCCO2. The molecule has 0 radical (unpaired) electrons. The highest BCUT2D eigenvalue weighted by Gasteiger charge is 2.16. The largest absolute Gasteiger partial charge is 0.486 e. The molecule has 136 valence electrons. The molecule has 0 aromatic heterocycles. The van der Waals surface area contributed by atoms with Gasteiger partial charge in [0.05, 0.1) is 4.47 Å². The van der Waals surface area contributed by atoms with E-state index in [4.69, 9.17) is 18.9 Å². The number of fused-ring (bicyclic) bond motifs is 1. The van der Waals surface area contributed by atoms with E-state index in [1.54, 1.807) is 18.2 Å². The van der Waals surface area contributed by atoms with E-state index in [1.165, 1.54) is 18.2 Å². The van der Waals surface area contributed by atoms with Crippen molar-refractivity contribution in [3.63, 3.8) is 0 Å². The first-order valence-corrected chi connectivity index (χ1v) is 8.48. The van der Waals surface area contributed by atoms with Gasteiger partial charge in [0.2, 0.25) is 0 Å². The van der Waals surface area contributed by atoms with Crippen molar-refractivity contribution in [1.82, 2.24) is 0 Å². The minimum atomic E-state index is -0.716. The van der Waals surface area contributed by atoms with Crippen LogP contribution in [0, 0.1) is 5.82 Å². The van der Waals surface area contributed by atoms with E-state index in [1.807, 2.05) is 0 Å². The summed E-state index contributed by atoms with van der Waals surface area (Å²) in [5.41, 5.74) is 0.351. The Morgan fingerprint density at radius 3 is 2.58 bits per heavy atom. The molecular formula is C18H14BrFO6. The van der Waals surface area contributed by atoms with Gasteiger partial charge in [0, 0.05) is 5.56 Å².